The summed E-state index contributed by atoms with van der Waals surface area (Å²) in [6.07, 6.45) is 4.11. The van der Waals surface area contributed by atoms with Crippen LogP contribution in [0.1, 0.15) is 42.5 Å². The normalized spacial score (nSPS) is 17.3. The molecular weight excluding hydrogens is 419 g/mol. The Bertz CT molecular complexity index is 1000. The van der Waals surface area contributed by atoms with E-state index in [0.717, 1.165) is 43.8 Å². The minimum Gasteiger partial charge on any atom is -0.370 e. The Kier molecular flexibility index (Phi) is 6.67. The van der Waals surface area contributed by atoms with Gasteiger partial charge in [0.1, 0.15) is 17.5 Å². The van der Waals surface area contributed by atoms with Crippen molar-refractivity contribution in [1.82, 2.24) is 4.90 Å². The van der Waals surface area contributed by atoms with Crippen LogP contribution in [0, 0.1) is 23.4 Å². The van der Waals surface area contributed by atoms with E-state index in [0.29, 0.717) is 24.6 Å². The molecule has 0 saturated carbocycles. The van der Waals surface area contributed by atoms with Gasteiger partial charge in [-0.15, -0.1) is 0 Å². The van der Waals surface area contributed by atoms with Gasteiger partial charge < -0.3 is 15.1 Å². The molecule has 0 radical (unpaired) electrons. The van der Waals surface area contributed by atoms with Gasteiger partial charge >= 0.3 is 0 Å². The zero-order chi connectivity index (χ0) is 22.7. The summed E-state index contributed by atoms with van der Waals surface area (Å²) in [4.78, 5) is 29.1. The first-order valence-corrected chi connectivity index (χ1v) is 11.0. The lowest BCUT2D eigenvalue weighted by Gasteiger charge is -2.33. The molecule has 32 heavy (non-hydrogen) atoms. The van der Waals surface area contributed by atoms with E-state index in [1.54, 1.807) is 6.07 Å². The molecule has 4 rings (SSSR count). The fourth-order valence-corrected chi connectivity index (χ4v) is 4.43. The quantitative estimate of drug-likeness (QED) is 0.749. The van der Waals surface area contributed by atoms with Gasteiger partial charge in [-0.05, 0) is 62.4 Å². The number of nitrogens with one attached hydrogen (secondary N) is 1. The smallest absolute Gasteiger partial charge is 0.256 e. The van der Waals surface area contributed by atoms with Crippen molar-refractivity contribution in [3.05, 3.63) is 59.4 Å². The summed E-state index contributed by atoms with van der Waals surface area (Å²) in [7, 11) is 0. The molecule has 2 fully saturated rings. The van der Waals surface area contributed by atoms with Crippen LogP contribution < -0.4 is 10.2 Å². The summed E-state index contributed by atoms with van der Waals surface area (Å²) >= 11 is 0. The molecule has 2 aliphatic rings. The zero-order valence-corrected chi connectivity index (χ0v) is 17.8. The average molecular weight is 445 g/mol. The third-order valence-electron chi connectivity index (χ3n) is 6.23. The molecule has 1 N–H and O–H groups in total. The van der Waals surface area contributed by atoms with E-state index >= 15 is 0 Å². The molecule has 2 amide bonds. The largest absolute Gasteiger partial charge is 0.370 e. The molecule has 0 unspecified atom stereocenters. The first kappa shape index (κ1) is 22.2. The average Bonchev–Trinajstić information content (AvgIpc) is 2.79. The minimum absolute atomic E-state index is 0.180. The number of piperidine rings is 2. The first-order valence-electron chi connectivity index (χ1n) is 11.0. The fourth-order valence-electron chi connectivity index (χ4n) is 4.43. The second-order valence-corrected chi connectivity index (χ2v) is 8.39. The Labute approximate surface area is 185 Å². The highest BCUT2D eigenvalue weighted by Gasteiger charge is 2.29. The minimum atomic E-state index is -0.897. The molecule has 2 saturated heterocycles. The van der Waals surface area contributed by atoms with Crippen LogP contribution in [0.15, 0.2) is 36.4 Å². The second kappa shape index (κ2) is 9.63. The van der Waals surface area contributed by atoms with Gasteiger partial charge in [0.25, 0.3) is 5.91 Å². The van der Waals surface area contributed by atoms with Gasteiger partial charge in [0, 0.05) is 38.2 Å². The summed E-state index contributed by atoms with van der Waals surface area (Å²) in [6, 6.07) is 7.32. The summed E-state index contributed by atoms with van der Waals surface area (Å²) in [5.41, 5.74) is 1.10. The molecule has 2 aromatic carbocycles. The Morgan fingerprint density at radius 1 is 0.844 bits per heavy atom. The SMILES string of the molecule is O=C(Nc1cc(F)ccc1N1CCCCC1)C1CCN(C(=O)c2ccc(F)cc2F)CC1. The monoisotopic (exact) mass is 445 g/mol. The van der Waals surface area contributed by atoms with Crippen LogP contribution in [0.25, 0.3) is 0 Å². The number of hydrogen-bond donors (Lipinski definition) is 1. The predicted molar refractivity (Wildman–Crippen MR) is 116 cm³/mol. The van der Waals surface area contributed by atoms with Crippen molar-refractivity contribution in [2.24, 2.45) is 5.92 Å². The Hall–Kier alpha value is -3.03. The molecule has 0 bridgehead atoms. The maximum atomic E-state index is 13.9. The number of rotatable bonds is 4. The molecule has 0 aliphatic carbocycles. The van der Waals surface area contributed by atoms with E-state index in [2.05, 4.69) is 10.2 Å². The van der Waals surface area contributed by atoms with Crippen molar-refractivity contribution in [2.75, 3.05) is 36.4 Å². The van der Waals surface area contributed by atoms with E-state index in [1.807, 2.05) is 0 Å². The van der Waals surface area contributed by atoms with Crippen molar-refractivity contribution in [3.8, 4) is 0 Å². The summed E-state index contributed by atoms with van der Waals surface area (Å²) < 4.78 is 40.9. The van der Waals surface area contributed by atoms with Gasteiger partial charge in [0.2, 0.25) is 5.91 Å². The van der Waals surface area contributed by atoms with Gasteiger partial charge in [-0.3, -0.25) is 9.59 Å². The van der Waals surface area contributed by atoms with Crippen LogP contribution in [-0.4, -0.2) is 42.9 Å². The van der Waals surface area contributed by atoms with Gasteiger partial charge in [0.15, 0.2) is 0 Å². The maximum Gasteiger partial charge on any atom is 0.256 e. The molecule has 2 aromatic rings. The van der Waals surface area contributed by atoms with Crippen molar-refractivity contribution in [2.45, 2.75) is 32.1 Å². The summed E-state index contributed by atoms with van der Waals surface area (Å²) in [5.74, 6) is -3.12. The number of likely N-dealkylation sites (tertiary alicyclic amines) is 1. The number of carbonyl (C=O) groups excluding carboxylic acids is 2. The predicted octanol–water partition coefficient (Wildman–Crippen LogP) is 4.59. The molecular formula is C24H26F3N3O2. The highest BCUT2D eigenvalue weighted by atomic mass is 19.1. The van der Waals surface area contributed by atoms with E-state index in [1.165, 1.54) is 23.5 Å². The highest BCUT2D eigenvalue weighted by molar-refractivity contribution is 5.97. The maximum absolute atomic E-state index is 13.9. The molecule has 8 heteroatoms. The molecule has 0 atom stereocenters. The Morgan fingerprint density at radius 3 is 2.19 bits per heavy atom. The first-order chi connectivity index (χ1) is 15.4. The van der Waals surface area contributed by atoms with Crippen LogP contribution in [0.4, 0.5) is 24.5 Å². The zero-order valence-electron chi connectivity index (χ0n) is 17.8. The number of amides is 2. The van der Waals surface area contributed by atoms with Gasteiger partial charge in [-0.1, -0.05) is 0 Å². The van der Waals surface area contributed by atoms with E-state index in [9.17, 15) is 22.8 Å². The fraction of sp³-hybridized carbons (Fsp3) is 0.417. The molecule has 5 nitrogen and oxygen atoms in total. The topological polar surface area (TPSA) is 52.7 Å². The van der Waals surface area contributed by atoms with Crippen molar-refractivity contribution >= 4 is 23.2 Å². The van der Waals surface area contributed by atoms with Crippen molar-refractivity contribution in [3.63, 3.8) is 0 Å². The highest BCUT2D eigenvalue weighted by Crippen LogP contribution is 2.31. The van der Waals surface area contributed by atoms with Crippen LogP contribution >= 0.6 is 0 Å². The molecule has 170 valence electrons. The van der Waals surface area contributed by atoms with Gasteiger partial charge in [-0.2, -0.15) is 0 Å². The third kappa shape index (κ3) is 4.89. The van der Waals surface area contributed by atoms with E-state index in [-0.39, 0.29) is 30.5 Å². The number of carbonyl (C=O) groups is 2. The number of anilines is 2. The number of hydrogen-bond acceptors (Lipinski definition) is 3. The lowest BCUT2D eigenvalue weighted by molar-refractivity contribution is -0.121. The third-order valence-corrected chi connectivity index (χ3v) is 6.23. The lowest BCUT2D eigenvalue weighted by atomic mass is 9.95. The number of benzene rings is 2. The van der Waals surface area contributed by atoms with E-state index < -0.39 is 23.4 Å². The van der Waals surface area contributed by atoms with Crippen LogP contribution in [0.2, 0.25) is 0 Å². The second-order valence-electron chi connectivity index (χ2n) is 8.39. The van der Waals surface area contributed by atoms with Crippen LogP contribution in [0.5, 0.6) is 0 Å². The van der Waals surface area contributed by atoms with Gasteiger partial charge in [0.05, 0.1) is 16.9 Å². The molecule has 0 aromatic heterocycles. The van der Waals surface area contributed by atoms with Gasteiger partial charge in [-0.25, -0.2) is 13.2 Å². The number of halogens is 3. The number of nitrogens with zero attached hydrogens (tertiary/aromatic N) is 2. The molecule has 2 aliphatic heterocycles. The summed E-state index contributed by atoms with van der Waals surface area (Å²) in [5, 5.41) is 2.88. The Balaban J connectivity index is 1.39. The van der Waals surface area contributed by atoms with Crippen LogP contribution in [-0.2, 0) is 4.79 Å². The molecule has 0 spiro atoms. The van der Waals surface area contributed by atoms with Crippen molar-refractivity contribution in [1.29, 1.82) is 0 Å². The van der Waals surface area contributed by atoms with Crippen molar-refractivity contribution < 1.29 is 22.8 Å². The standard InChI is InChI=1S/C24H26F3N3O2/c25-17-4-6-19(20(27)14-17)24(32)30-12-8-16(9-13-30)23(31)28-21-15-18(26)5-7-22(21)29-10-2-1-3-11-29/h4-7,14-16H,1-3,8-13H2,(H,28,31). The molecule has 2 heterocycles. The lowest BCUT2D eigenvalue weighted by Crippen LogP contribution is -2.42. The van der Waals surface area contributed by atoms with E-state index in [4.69, 9.17) is 0 Å². The summed E-state index contributed by atoms with van der Waals surface area (Å²) in [6.45, 7) is 2.32. The Morgan fingerprint density at radius 2 is 1.50 bits per heavy atom. The van der Waals surface area contributed by atoms with Crippen LogP contribution in [0.3, 0.4) is 0 Å².